The summed E-state index contributed by atoms with van der Waals surface area (Å²) in [6, 6.07) is 4.36. The van der Waals surface area contributed by atoms with Gasteiger partial charge in [-0.2, -0.15) is 0 Å². The summed E-state index contributed by atoms with van der Waals surface area (Å²) in [6.45, 7) is 3.64. The van der Waals surface area contributed by atoms with Crippen LogP contribution in [0.15, 0.2) is 30.7 Å². The van der Waals surface area contributed by atoms with Crippen molar-refractivity contribution in [1.29, 1.82) is 0 Å². The van der Waals surface area contributed by atoms with E-state index in [-0.39, 0.29) is 12.0 Å². The lowest BCUT2D eigenvalue weighted by Crippen LogP contribution is -2.50. The predicted molar refractivity (Wildman–Crippen MR) is 108 cm³/mol. The molecule has 2 aromatic rings. The Morgan fingerprint density at radius 3 is 2.41 bits per heavy atom. The van der Waals surface area contributed by atoms with Crippen LogP contribution in [0.3, 0.4) is 0 Å². The van der Waals surface area contributed by atoms with E-state index in [1.54, 1.807) is 37.4 Å². The zero-order valence-corrected chi connectivity index (χ0v) is 17.2. The van der Waals surface area contributed by atoms with Gasteiger partial charge in [0.1, 0.15) is 17.4 Å². The number of pyridine rings is 1. The number of likely N-dealkylation sites (tertiary alicyclic amines) is 2. The molecule has 156 valence electrons. The van der Waals surface area contributed by atoms with E-state index in [9.17, 15) is 4.79 Å². The van der Waals surface area contributed by atoms with Crippen molar-refractivity contribution in [2.24, 2.45) is 7.05 Å². The molecule has 0 unspecified atom stereocenters. The summed E-state index contributed by atoms with van der Waals surface area (Å²) in [4.78, 5) is 21.4. The van der Waals surface area contributed by atoms with Crippen LogP contribution in [0.2, 0.25) is 0 Å². The van der Waals surface area contributed by atoms with E-state index in [0.717, 1.165) is 57.6 Å². The van der Waals surface area contributed by atoms with E-state index < -0.39 is 0 Å². The van der Waals surface area contributed by atoms with Crippen LogP contribution >= 0.6 is 0 Å². The quantitative estimate of drug-likeness (QED) is 0.766. The molecule has 0 N–H and O–H groups in total. The summed E-state index contributed by atoms with van der Waals surface area (Å²) in [6.07, 6.45) is 9.62. The maximum Gasteiger partial charge on any atom is 0.260 e. The minimum Gasteiger partial charge on any atom is -0.490 e. The van der Waals surface area contributed by atoms with E-state index in [4.69, 9.17) is 9.47 Å². The Balaban J connectivity index is 1.25. The number of rotatable bonds is 5. The number of ether oxygens (including phenoxy) is 2. The van der Waals surface area contributed by atoms with Crippen LogP contribution in [0.1, 0.15) is 36.0 Å². The van der Waals surface area contributed by atoms with Gasteiger partial charge in [0.15, 0.2) is 0 Å². The van der Waals surface area contributed by atoms with E-state index in [0.29, 0.717) is 17.5 Å². The average Bonchev–Trinajstić information content (AvgIpc) is 3.15. The van der Waals surface area contributed by atoms with Crippen molar-refractivity contribution in [3.8, 4) is 11.6 Å². The Kier molecular flexibility index (Phi) is 5.99. The molecule has 29 heavy (non-hydrogen) atoms. The van der Waals surface area contributed by atoms with Crippen molar-refractivity contribution in [1.82, 2.24) is 24.6 Å². The van der Waals surface area contributed by atoms with Crippen LogP contribution in [-0.4, -0.2) is 75.9 Å². The lowest BCUT2D eigenvalue weighted by Gasteiger charge is -2.41. The second-order valence-electron chi connectivity index (χ2n) is 7.79. The molecule has 2 fully saturated rings. The van der Waals surface area contributed by atoms with Crippen LogP contribution in [0.4, 0.5) is 0 Å². The summed E-state index contributed by atoms with van der Waals surface area (Å²) in [5.74, 6) is 1.31. The van der Waals surface area contributed by atoms with Crippen molar-refractivity contribution >= 4 is 5.91 Å². The zero-order chi connectivity index (χ0) is 20.2. The zero-order valence-electron chi connectivity index (χ0n) is 17.2. The minimum absolute atomic E-state index is 0.0119. The monoisotopic (exact) mass is 399 g/mol. The number of carbonyl (C=O) groups excluding carboxylic acids is 1. The molecule has 1 amide bonds. The molecule has 8 nitrogen and oxygen atoms in total. The number of carbonyl (C=O) groups is 1. The normalized spacial score (nSPS) is 19.3. The van der Waals surface area contributed by atoms with Crippen LogP contribution in [0.25, 0.3) is 0 Å². The molecule has 2 aromatic heterocycles. The van der Waals surface area contributed by atoms with Gasteiger partial charge < -0.3 is 14.4 Å². The highest BCUT2D eigenvalue weighted by Crippen LogP contribution is 2.25. The van der Waals surface area contributed by atoms with Crippen molar-refractivity contribution in [2.45, 2.75) is 37.8 Å². The topological polar surface area (TPSA) is 72.7 Å². The van der Waals surface area contributed by atoms with E-state index in [1.807, 2.05) is 17.0 Å². The summed E-state index contributed by atoms with van der Waals surface area (Å²) < 4.78 is 12.9. The third-order valence-electron chi connectivity index (χ3n) is 5.92. The highest BCUT2D eigenvalue weighted by atomic mass is 16.5. The molecule has 0 aromatic carbocycles. The maximum absolute atomic E-state index is 12.9. The van der Waals surface area contributed by atoms with Gasteiger partial charge in [-0.1, -0.05) is 0 Å². The average molecular weight is 399 g/mol. The number of amides is 1. The third kappa shape index (κ3) is 4.53. The Morgan fingerprint density at radius 1 is 1.07 bits per heavy atom. The van der Waals surface area contributed by atoms with Crippen LogP contribution in [0, 0.1) is 0 Å². The number of hydrogen-bond acceptors (Lipinski definition) is 6. The van der Waals surface area contributed by atoms with Gasteiger partial charge in [0.2, 0.25) is 5.88 Å². The molecule has 0 bridgehead atoms. The highest BCUT2D eigenvalue weighted by molar-refractivity contribution is 5.96. The number of aryl methyl sites for hydroxylation is 1. The molecule has 2 aliphatic heterocycles. The smallest absolute Gasteiger partial charge is 0.260 e. The summed E-state index contributed by atoms with van der Waals surface area (Å²) in [5, 5.41) is 4.19. The van der Waals surface area contributed by atoms with Gasteiger partial charge in [0.25, 0.3) is 5.91 Å². The molecule has 0 radical (unpaired) electrons. The summed E-state index contributed by atoms with van der Waals surface area (Å²) in [5.41, 5.74) is 0.544. The Bertz CT molecular complexity index is 809. The molecule has 8 heteroatoms. The number of methoxy groups -OCH3 is 1. The number of aromatic nitrogens is 3. The van der Waals surface area contributed by atoms with Gasteiger partial charge in [-0.25, -0.2) is 0 Å². The van der Waals surface area contributed by atoms with Gasteiger partial charge in [0.05, 0.1) is 7.11 Å². The van der Waals surface area contributed by atoms with Gasteiger partial charge in [-0.15, -0.1) is 5.10 Å². The lowest BCUT2D eigenvalue weighted by atomic mass is 9.98. The Hall–Kier alpha value is -2.61. The molecule has 2 saturated heterocycles. The van der Waals surface area contributed by atoms with E-state index >= 15 is 0 Å². The van der Waals surface area contributed by atoms with Crippen LogP contribution in [-0.2, 0) is 7.05 Å². The predicted octanol–water partition coefficient (Wildman–Crippen LogP) is 1.97. The van der Waals surface area contributed by atoms with E-state index in [2.05, 4.69) is 15.0 Å². The maximum atomic E-state index is 12.9. The summed E-state index contributed by atoms with van der Waals surface area (Å²) in [7, 11) is 3.35. The third-order valence-corrected chi connectivity index (χ3v) is 5.92. The number of nitrogens with zero attached hydrogens (tertiary/aromatic N) is 5. The molecule has 0 aliphatic carbocycles. The van der Waals surface area contributed by atoms with Crippen LogP contribution < -0.4 is 9.47 Å². The fourth-order valence-corrected chi connectivity index (χ4v) is 4.34. The fraction of sp³-hybridized carbons (Fsp3) is 0.571. The second kappa shape index (κ2) is 8.82. The lowest BCUT2D eigenvalue weighted by molar-refractivity contribution is 0.0424. The van der Waals surface area contributed by atoms with Gasteiger partial charge in [-0.3, -0.25) is 19.4 Å². The molecular weight excluding hydrogens is 370 g/mol. The van der Waals surface area contributed by atoms with Gasteiger partial charge >= 0.3 is 0 Å². The van der Waals surface area contributed by atoms with Crippen molar-refractivity contribution in [3.05, 3.63) is 36.3 Å². The first-order valence-corrected chi connectivity index (χ1v) is 10.3. The molecule has 4 heterocycles. The Labute approximate surface area is 171 Å². The molecule has 0 spiro atoms. The SMILES string of the molecule is COc1nn(C)cc1C(=O)N1CCC(N2CCC(Oc3ccncc3)CC2)CC1. The first kappa shape index (κ1) is 19.7. The fourth-order valence-electron chi connectivity index (χ4n) is 4.34. The largest absolute Gasteiger partial charge is 0.490 e. The second-order valence-corrected chi connectivity index (χ2v) is 7.79. The molecule has 0 atom stereocenters. The standard InChI is InChI=1S/C21H29N5O3/c1-24-15-19(20(23-24)28-2)21(27)26-11-5-16(6-12-26)25-13-7-18(8-14-25)29-17-3-9-22-10-4-17/h3-4,9-10,15-16,18H,5-8,11-14H2,1-2H3. The molecular formula is C21H29N5O3. The highest BCUT2D eigenvalue weighted by Gasteiger charge is 2.31. The Morgan fingerprint density at radius 2 is 1.76 bits per heavy atom. The first-order chi connectivity index (χ1) is 14.1. The van der Waals surface area contributed by atoms with Gasteiger partial charge in [0, 0.05) is 57.9 Å². The van der Waals surface area contributed by atoms with Crippen molar-refractivity contribution in [2.75, 3.05) is 33.3 Å². The van der Waals surface area contributed by atoms with Gasteiger partial charge in [-0.05, 0) is 37.8 Å². The molecule has 2 aliphatic rings. The number of piperidine rings is 2. The number of hydrogen-bond donors (Lipinski definition) is 0. The van der Waals surface area contributed by atoms with E-state index in [1.165, 1.54) is 0 Å². The summed E-state index contributed by atoms with van der Waals surface area (Å²) >= 11 is 0. The minimum atomic E-state index is 0.0119. The van der Waals surface area contributed by atoms with Crippen molar-refractivity contribution in [3.63, 3.8) is 0 Å². The van der Waals surface area contributed by atoms with Crippen LogP contribution in [0.5, 0.6) is 11.6 Å². The molecule has 0 saturated carbocycles. The first-order valence-electron chi connectivity index (χ1n) is 10.3. The van der Waals surface area contributed by atoms with Crippen molar-refractivity contribution < 1.29 is 14.3 Å². The molecule has 4 rings (SSSR count).